The Morgan fingerprint density at radius 2 is 1.90 bits per heavy atom. The maximum Gasteiger partial charge on any atom is 0.289 e. The monoisotopic (exact) mass is 428 g/mol. The molecule has 1 unspecified atom stereocenters. The van der Waals surface area contributed by atoms with Crippen LogP contribution in [-0.2, 0) is 9.59 Å². The summed E-state index contributed by atoms with van der Waals surface area (Å²) in [4.78, 5) is 43.0. The highest BCUT2D eigenvalue weighted by molar-refractivity contribution is 5.91. The Labute approximate surface area is 181 Å². The van der Waals surface area contributed by atoms with E-state index in [4.69, 9.17) is 4.42 Å². The molecule has 3 heterocycles. The van der Waals surface area contributed by atoms with Gasteiger partial charge in [-0.2, -0.15) is 0 Å². The predicted molar refractivity (Wildman–Crippen MR) is 112 cm³/mol. The molecule has 2 aliphatic heterocycles. The normalized spacial score (nSPS) is 24.2. The van der Waals surface area contributed by atoms with E-state index in [0.29, 0.717) is 63.6 Å². The molecule has 3 amide bonds. The summed E-state index contributed by atoms with van der Waals surface area (Å²) in [6.45, 7) is 3.49. The summed E-state index contributed by atoms with van der Waals surface area (Å²) in [5, 5.41) is 12.4. The van der Waals surface area contributed by atoms with Gasteiger partial charge in [-0.3, -0.25) is 19.3 Å². The zero-order valence-electron chi connectivity index (χ0n) is 17.4. The Balaban J connectivity index is 1.20. The first kappa shape index (κ1) is 21.3. The molecule has 1 aromatic heterocycles. The second-order valence-electron chi connectivity index (χ2n) is 8.18. The van der Waals surface area contributed by atoms with Gasteiger partial charge in [0.25, 0.3) is 5.91 Å². The van der Waals surface area contributed by atoms with Gasteiger partial charge in [0, 0.05) is 38.4 Å². The lowest BCUT2D eigenvalue weighted by molar-refractivity contribution is -0.134. The second-order valence-corrected chi connectivity index (χ2v) is 8.18. The molecule has 166 valence electrons. The number of hydrogen-bond donors (Lipinski definition) is 2. The maximum absolute atomic E-state index is 12.7. The zero-order chi connectivity index (χ0) is 21.8. The van der Waals surface area contributed by atoms with Crippen molar-refractivity contribution in [3.05, 3.63) is 48.1 Å². The molecule has 0 saturated carbocycles. The van der Waals surface area contributed by atoms with Crippen LogP contribution in [0, 0.1) is 5.92 Å². The van der Waals surface area contributed by atoms with E-state index in [1.807, 2.05) is 11.0 Å². The number of hydrogen-bond acceptors (Lipinski definition) is 6. The molecule has 0 spiro atoms. The van der Waals surface area contributed by atoms with Gasteiger partial charge in [-0.05, 0) is 37.6 Å². The topological polar surface area (TPSA) is 106 Å². The molecular weight excluding hydrogens is 400 g/mol. The Bertz CT molecular complexity index is 870. The minimum absolute atomic E-state index is 0.0260. The Hall–Kier alpha value is -2.91. The molecule has 1 aromatic rings. The lowest BCUT2D eigenvalue weighted by atomic mass is 10.1. The van der Waals surface area contributed by atoms with Crippen LogP contribution in [0.4, 0.5) is 0 Å². The van der Waals surface area contributed by atoms with Crippen molar-refractivity contribution in [2.45, 2.75) is 18.9 Å². The molecule has 0 radical (unpaired) electrons. The fourth-order valence-electron chi connectivity index (χ4n) is 4.14. The van der Waals surface area contributed by atoms with Crippen molar-refractivity contribution in [3.63, 3.8) is 0 Å². The number of aliphatic hydroxyl groups is 1. The van der Waals surface area contributed by atoms with Gasteiger partial charge >= 0.3 is 0 Å². The number of carbonyl (C=O) groups is 3. The number of allylic oxidation sites excluding steroid dienone is 1. The molecule has 2 atom stereocenters. The number of carbonyl (C=O) groups excluding carboxylic acids is 3. The standard InChI is InChI=1S/C22H28N4O5/c27-18-5-3-17(4-6-18)23-21(29)16-7-8-24(14-16)15-20(28)25-9-11-26(12-10-25)22(30)19-2-1-13-31-19/h1-5,13,16,18,27H,6-12,14-15H2,(H,23,29)/t16-,18?/m1/s1. The highest BCUT2D eigenvalue weighted by atomic mass is 16.3. The van der Waals surface area contributed by atoms with Gasteiger partial charge in [-0.15, -0.1) is 0 Å². The van der Waals surface area contributed by atoms with Crippen molar-refractivity contribution in [3.8, 4) is 0 Å². The molecule has 2 saturated heterocycles. The number of furan rings is 1. The third-order valence-corrected chi connectivity index (χ3v) is 6.00. The second kappa shape index (κ2) is 9.49. The molecule has 3 aliphatic rings. The largest absolute Gasteiger partial charge is 0.459 e. The van der Waals surface area contributed by atoms with Crippen molar-refractivity contribution >= 4 is 17.7 Å². The highest BCUT2D eigenvalue weighted by Crippen LogP contribution is 2.18. The van der Waals surface area contributed by atoms with Gasteiger partial charge in [0.15, 0.2) is 5.76 Å². The molecule has 9 heteroatoms. The van der Waals surface area contributed by atoms with E-state index < -0.39 is 6.10 Å². The minimum Gasteiger partial charge on any atom is -0.459 e. The Morgan fingerprint density at radius 1 is 1.13 bits per heavy atom. The van der Waals surface area contributed by atoms with Gasteiger partial charge in [0.1, 0.15) is 0 Å². The van der Waals surface area contributed by atoms with Crippen molar-refractivity contribution in [2.75, 3.05) is 45.8 Å². The molecule has 0 aromatic carbocycles. The zero-order valence-corrected chi connectivity index (χ0v) is 17.4. The maximum atomic E-state index is 12.7. The van der Waals surface area contributed by atoms with Crippen LogP contribution in [0.25, 0.3) is 0 Å². The van der Waals surface area contributed by atoms with E-state index in [1.165, 1.54) is 6.26 Å². The molecule has 4 rings (SSSR count). The average Bonchev–Trinajstić information content (AvgIpc) is 3.47. The third-order valence-electron chi connectivity index (χ3n) is 6.00. The van der Waals surface area contributed by atoms with Crippen molar-refractivity contribution in [1.29, 1.82) is 0 Å². The smallest absolute Gasteiger partial charge is 0.289 e. The summed E-state index contributed by atoms with van der Waals surface area (Å²) < 4.78 is 5.16. The number of aliphatic hydroxyl groups excluding tert-OH is 1. The lowest BCUT2D eigenvalue weighted by Gasteiger charge is -2.35. The third kappa shape index (κ3) is 5.23. The summed E-state index contributed by atoms with van der Waals surface area (Å²) in [5.41, 5.74) is 0.715. The van der Waals surface area contributed by atoms with Gasteiger partial charge in [-0.1, -0.05) is 12.2 Å². The SMILES string of the molecule is O=C(NC1=CCC(O)C=C1)[C@@H]1CCN(CC(=O)N2CCN(C(=O)c3ccco3)CC2)C1. The number of nitrogens with one attached hydrogen (secondary N) is 1. The molecule has 2 N–H and O–H groups in total. The molecular formula is C22H28N4O5. The van der Waals surface area contributed by atoms with Crippen LogP contribution in [0.5, 0.6) is 0 Å². The van der Waals surface area contributed by atoms with Gasteiger partial charge < -0.3 is 24.6 Å². The molecule has 9 nitrogen and oxygen atoms in total. The Kier molecular flexibility index (Phi) is 6.53. The van der Waals surface area contributed by atoms with E-state index in [2.05, 4.69) is 5.32 Å². The molecule has 2 fully saturated rings. The predicted octanol–water partition coefficient (Wildman–Crippen LogP) is 0.207. The quantitative estimate of drug-likeness (QED) is 0.694. The molecule has 0 bridgehead atoms. The van der Waals surface area contributed by atoms with Crippen LogP contribution < -0.4 is 5.32 Å². The van der Waals surface area contributed by atoms with E-state index in [9.17, 15) is 19.5 Å². The van der Waals surface area contributed by atoms with Crippen molar-refractivity contribution in [1.82, 2.24) is 20.0 Å². The number of amides is 3. The molecule has 1 aliphatic carbocycles. The van der Waals surface area contributed by atoms with E-state index in [0.717, 1.165) is 0 Å². The van der Waals surface area contributed by atoms with Gasteiger partial charge in [-0.25, -0.2) is 0 Å². The van der Waals surface area contributed by atoms with Crippen molar-refractivity contribution < 1.29 is 23.9 Å². The van der Waals surface area contributed by atoms with Crippen LogP contribution in [0.2, 0.25) is 0 Å². The van der Waals surface area contributed by atoms with Crippen LogP contribution in [0.1, 0.15) is 23.4 Å². The summed E-state index contributed by atoms with van der Waals surface area (Å²) in [6.07, 6.45) is 7.40. The van der Waals surface area contributed by atoms with Gasteiger partial charge in [0.05, 0.1) is 24.8 Å². The lowest BCUT2D eigenvalue weighted by Crippen LogP contribution is -2.52. The fourth-order valence-corrected chi connectivity index (χ4v) is 4.14. The number of nitrogens with zero attached hydrogens (tertiary/aromatic N) is 3. The average molecular weight is 428 g/mol. The van der Waals surface area contributed by atoms with Crippen LogP contribution in [-0.4, -0.2) is 89.4 Å². The Morgan fingerprint density at radius 3 is 2.58 bits per heavy atom. The van der Waals surface area contributed by atoms with Crippen LogP contribution in [0.15, 0.2) is 46.7 Å². The minimum atomic E-state index is -0.487. The number of rotatable bonds is 5. The fraction of sp³-hybridized carbons (Fsp3) is 0.500. The van der Waals surface area contributed by atoms with E-state index >= 15 is 0 Å². The van der Waals surface area contributed by atoms with E-state index in [1.54, 1.807) is 34.1 Å². The first-order chi connectivity index (χ1) is 15.0. The summed E-state index contributed by atoms with van der Waals surface area (Å²) in [6, 6.07) is 3.33. The van der Waals surface area contributed by atoms with Crippen LogP contribution >= 0.6 is 0 Å². The summed E-state index contributed by atoms with van der Waals surface area (Å²) >= 11 is 0. The number of piperazine rings is 1. The van der Waals surface area contributed by atoms with Crippen LogP contribution in [0.3, 0.4) is 0 Å². The first-order valence-electron chi connectivity index (χ1n) is 10.7. The molecule has 31 heavy (non-hydrogen) atoms. The highest BCUT2D eigenvalue weighted by Gasteiger charge is 2.32. The summed E-state index contributed by atoms with van der Waals surface area (Å²) in [7, 11) is 0. The number of likely N-dealkylation sites (tertiary alicyclic amines) is 1. The van der Waals surface area contributed by atoms with E-state index in [-0.39, 0.29) is 30.2 Å². The first-order valence-corrected chi connectivity index (χ1v) is 10.7. The van der Waals surface area contributed by atoms with Gasteiger partial charge in [0.2, 0.25) is 11.8 Å². The summed E-state index contributed by atoms with van der Waals surface area (Å²) in [5.74, 6) is -0.0122. The van der Waals surface area contributed by atoms with Crippen molar-refractivity contribution in [2.24, 2.45) is 5.92 Å².